The van der Waals surface area contributed by atoms with Crippen molar-refractivity contribution in [3.63, 3.8) is 0 Å². The number of fused-ring (bicyclic) bond motifs is 4. The summed E-state index contributed by atoms with van der Waals surface area (Å²) in [5, 5.41) is 8.92. The third-order valence-corrected chi connectivity index (χ3v) is 13.8. The number of hydrogen-bond donors (Lipinski definition) is 0. The highest BCUT2D eigenvalue weighted by atomic mass is 19.2. The van der Waals surface area contributed by atoms with Crippen molar-refractivity contribution in [1.29, 1.82) is 0 Å². The first kappa shape index (κ1) is 54.4. The predicted octanol–water partition coefficient (Wildman–Crippen LogP) is 14.1. The minimum atomic E-state index is -7.22. The van der Waals surface area contributed by atoms with Crippen molar-refractivity contribution in [2.75, 3.05) is 0 Å². The van der Waals surface area contributed by atoms with Crippen LogP contribution in [0.15, 0.2) is 133 Å². The van der Waals surface area contributed by atoms with Crippen molar-refractivity contribution in [2.45, 2.75) is 6.54 Å². The van der Waals surface area contributed by atoms with E-state index in [4.69, 9.17) is 0 Å². The quantitative estimate of drug-likeness (QED) is 0.0374. The minimum absolute atomic E-state index is 0.815. The summed E-state index contributed by atoms with van der Waals surface area (Å²) in [7, 11) is 0. The maximum atomic E-state index is 15.4. The Balaban J connectivity index is 0.000000185. The van der Waals surface area contributed by atoms with Gasteiger partial charge in [0.15, 0.2) is 76.4 Å². The van der Waals surface area contributed by atoms with Crippen molar-refractivity contribution in [3.05, 3.63) is 255 Å². The lowest BCUT2D eigenvalue weighted by Gasteiger charge is -2.44. The Hall–Kier alpha value is -8.95. The van der Waals surface area contributed by atoms with E-state index in [-0.39, 0.29) is 0 Å². The van der Waals surface area contributed by atoms with E-state index < -0.39 is 144 Å². The maximum Gasteiger partial charge on any atom is 0.214 e. The normalized spacial score (nSPS) is 11.8. The number of hydrogen-bond acceptors (Lipinski definition) is 0. The SMILES string of the molecule is Fc1c(F)c(F)c([B-](c2c(F)c(F)c(F)c(F)c2F)(c2c(F)c(F)c(F)c(F)c2F)c2c(F)c(F)c(F)c(F)c2F)c(F)c1F.c1ccc(C[n+]2c(-c3c4ccccc4cc4cc5ccccc5cc34)ccc3ccccc32)cc1. The third-order valence-electron chi connectivity index (χ3n) is 13.8. The van der Waals surface area contributed by atoms with Crippen LogP contribution in [0.1, 0.15) is 5.56 Å². The predicted molar refractivity (Wildman–Crippen MR) is 257 cm³/mol. The van der Waals surface area contributed by atoms with Gasteiger partial charge in [0.2, 0.25) is 11.2 Å². The molecule has 10 aromatic carbocycles. The van der Waals surface area contributed by atoms with Gasteiger partial charge in [0.1, 0.15) is 52.7 Å². The fraction of sp³-hybridized carbons (Fsp3) is 0.0172. The van der Waals surface area contributed by atoms with Crippen molar-refractivity contribution in [2.24, 2.45) is 0 Å². The molecule has 0 N–H and O–H groups in total. The molecule has 0 bridgehead atoms. The highest BCUT2D eigenvalue weighted by Gasteiger charge is 2.52. The van der Waals surface area contributed by atoms with Crippen LogP contribution in [-0.4, -0.2) is 6.15 Å². The molecule has 1 heterocycles. The van der Waals surface area contributed by atoms with Crippen LogP contribution in [0.25, 0.3) is 54.5 Å². The maximum absolute atomic E-state index is 15.4. The van der Waals surface area contributed by atoms with Crippen LogP contribution >= 0.6 is 0 Å². The van der Waals surface area contributed by atoms with E-state index in [0.717, 1.165) is 6.54 Å². The molecule has 0 saturated carbocycles. The molecule has 0 aliphatic heterocycles. The molecule has 0 amide bonds. The Bertz CT molecular complexity index is 4010. The number of nitrogens with zero attached hydrogens (tertiary/aromatic N) is 1. The summed E-state index contributed by atoms with van der Waals surface area (Å²) < 4.78 is 296. The van der Waals surface area contributed by atoms with Crippen molar-refractivity contribution in [3.8, 4) is 11.3 Å². The first-order chi connectivity index (χ1) is 38.1. The lowest BCUT2D eigenvalue weighted by atomic mass is 9.12. The number of rotatable bonds is 7. The second-order valence-electron chi connectivity index (χ2n) is 18.0. The van der Waals surface area contributed by atoms with Crippen LogP contribution in [-0.2, 0) is 6.54 Å². The van der Waals surface area contributed by atoms with E-state index >= 15 is 35.1 Å². The summed E-state index contributed by atoms with van der Waals surface area (Å²) >= 11 is 0. The molecule has 11 aromatic rings. The van der Waals surface area contributed by atoms with Gasteiger partial charge < -0.3 is 0 Å². The van der Waals surface area contributed by atoms with Crippen LogP contribution in [0.5, 0.6) is 0 Å². The van der Waals surface area contributed by atoms with Gasteiger partial charge in [-0.25, -0.2) is 87.8 Å². The molecule has 0 fully saturated rings. The number of halogens is 20. The Morgan fingerprint density at radius 1 is 0.263 bits per heavy atom. The standard InChI is InChI=1S/C34H24N.C24BF20/c1-2-10-24(11-3-1)23-35-32-17-9-7-12-25(32)18-19-33(35)34-30-16-8-6-15-28(30)21-29-20-26-13-4-5-14-27(26)22-31(29)34;26-5-1(6(27)14(35)21(42)13(5)34)25(2-7(28)15(36)22(43)16(37)8(2)29,3-9(30)17(38)23(44)18(39)10(3)31)4-11(32)19(40)24(45)20(41)12(4)33/h1-22H,23H2;/q+1;-1. The van der Waals surface area contributed by atoms with Crippen LogP contribution in [0.4, 0.5) is 87.8 Å². The molecule has 11 rings (SSSR count). The molecule has 1 nitrogen and oxygen atoms in total. The van der Waals surface area contributed by atoms with E-state index in [9.17, 15) is 52.7 Å². The van der Waals surface area contributed by atoms with Gasteiger partial charge in [0.05, 0.1) is 5.56 Å². The highest BCUT2D eigenvalue weighted by molar-refractivity contribution is 7.20. The zero-order valence-electron chi connectivity index (χ0n) is 39.5. The highest BCUT2D eigenvalue weighted by Crippen LogP contribution is 2.38. The number of aromatic nitrogens is 1. The summed E-state index contributed by atoms with van der Waals surface area (Å²) in [4.78, 5) is 0. The minimum Gasteiger partial charge on any atom is -0.207 e. The zero-order chi connectivity index (χ0) is 57.5. The van der Waals surface area contributed by atoms with Gasteiger partial charge in [0.25, 0.3) is 0 Å². The molecular weight excluding hydrogens is 1100 g/mol. The molecule has 0 unspecified atom stereocenters. The zero-order valence-corrected chi connectivity index (χ0v) is 39.5. The molecule has 404 valence electrons. The molecule has 0 aliphatic carbocycles. The monoisotopic (exact) mass is 1130 g/mol. The molecule has 0 saturated heterocycles. The fourth-order valence-electron chi connectivity index (χ4n) is 10.3. The second kappa shape index (κ2) is 20.4. The smallest absolute Gasteiger partial charge is 0.207 e. The average Bonchev–Trinajstić information content (AvgIpc) is 2.94. The first-order valence-electron chi connectivity index (χ1n) is 23.1. The van der Waals surface area contributed by atoms with Gasteiger partial charge in [-0.2, -0.15) is 4.57 Å². The van der Waals surface area contributed by atoms with Gasteiger partial charge in [0, 0.05) is 23.1 Å². The van der Waals surface area contributed by atoms with Gasteiger partial charge >= 0.3 is 0 Å². The largest absolute Gasteiger partial charge is 0.214 e. The van der Waals surface area contributed by atoms with Gasteiger partial charge in [-0.3, -0.25) is 0 Å². The van der Waals surface area contributed by atoms with Crippen LogP contribution in [0.2, 0.25) is 0 Å². The van der Waals surface area contributed by atoms with Crippen molar-refractivity contribution in [1.82, 2.24) is 0 Å². The van der Waals surface area contributed by atoms with E-state index in [1.165, 1.54) is 60.0 Å². The number of para-hydroxylation sites is 1. The molecule has 1 aromatic heterocycles. The molecule has 22 heteroatoms. The average molecular weight is 1130 g/mol. The van der Waals surface area contributed by atoms with E-state index in [2.05, 4.69) is 138 Å². The molecule has 80 heavy (non-hydrogen) atoms. The molecule has 0 aliphatic rings. The van der Waals surface area contributed by atoms with Crippen LogP contribution < -0.4 is 26.4 Å². The fourth-order valence-corrected chi connectivity index (χ4v) is 10.3. The van der Waals surface area contributed by atoms with Crippen LogP contribution in [0.3, 0.4) is 0 Å². The first-order valence-corrected chi connectivity index (χ1v) is 23.1. The third kappa shape index (κ3) is 8.24. The van der Waals surface area contributed by atoms with Gasteiger partial charge in [-0.05, 0) is 62.6 Å². The summed E-state index contributed by atoms with van der Waals surface area (Å²) in [6, 6.07) is 48.5. The Kier molecular flexibility index (Phi) is 13.9. The Morgan fingerprint density at radius 3 is 1.01 bits per heavy atom. The summed E-state index contributed by atoms with van der Waals surface area (Å²) in [5.41, 5.74) is -9.25. The van der Waals surface area contributed by atoms with E-state index in [0.29, 0.717) is 0 Å². The van der Waals surface area contributed by atoms with Crippen LogP contribution in [0, 0.1) is 116 Å². The Morgan fingerprint density at radius 2 is 0.588 bits per heavy atom. The number of pyridine rings is 1. The van der Waals surface area contributed by atoms with Crippen molar-refractivity contribution < 1.29 is 92.4 Å². The number of benzene rings is 10. The molecule has 0 spiro atoms. The van der Waals surface area contributed by atoms with Gasteiger partial charge in [-0.1, -0.05) is 91.0 Å². The van der Waals surface area contributed by atoms with E-state index in [1.54, 1.807) is 0 Å². The molecule has 0 atom stereocenters. The Labute approximate surface area is 435 Å². The second-order valence-corrected chi connectivity index (χ2v) is 18.0. The lowest BCUT2D eigenvalue weighted by Crippen LogP contribution is -2.81. The lowest BCUT2D eigenvalue weighted by molar-refractivity contribution is -0.651. The van der Waals surface area contributed by atoms with E-state index in [1.807, 2.05) is 0 Å². The topological polar surface area (TPSA) is 3.88 Å². The summed E-state index contributed by atoms with van der Waals surface area (Å²) in [6.45, 7) is 0.815. The van der Waals surface area contributed by atoms with Crippen molar-refractivity contribution >= 4 is 71.2 Å². The van der Waals surface area contributed by atoms with Gasteiger partial charge in [-0.15, -0.1) is 21.9 Å². The summed E-state index contributed by atoms with van der Waals surface area (Å²) in [5.74, 6) is -71.4. The molecule has 0 radical (unpaired) electrons. The summed E-state index contributed by atoms with van der Waals surface area (Å²) in [6.07, 6.45) is -7.22. The molecular formula is C58H24BF20N.